The van der Waals surface area contributed by atoms with Crippen LogP contribution in [0.4, 0.5) is 0 Å². The highest BCUT2D eigenvalue weighted by Crippen LogP contribution is 2.04. The van der Waals surface area contributed by atoms with Crippen LogP contribution in [0.2, 0.25) is 5.15 Å². The molecular weight excluding hydrogens is 256 g/mol. The Balaban J connectivity index is 2.14. The molecule has 5 nitrogen and oxygen atoms in total. The molecule has 0 unspecified atom stereocenters. The maximum absolute atomic E-state index is 11.6. The number of halogens is 1. The molecule has 0 saturated heterocycles. The summed E-state index contributed by atoms with van der Waals surface area (Å²) in [5.41, 5.74) is 0.322. The second-order valence-corrected chi connectivity index (χ2v) is 3.95. The lowest BCUT2D eigenvalue weighted by molar-refractivity contribution is 0.0688. The van der Waals surface area contributed by atoms with E-state index in [1.54, 1.807) is 25.3 Å². The fraction of sp³-hybridized carbons (Fsp3) is 0.500. The fourth-order valence-corrected chi connectivity index (χ4v) is 1.41. The highest BCUT2D eigenvalue weighted by atomic mass is 35.5. The number of hydrogen-bond acceptors (Lipinski definition) is 4. The lowest BCUT2D eigenvalue weighted by atomic mass is 10.3. The normalized spacial score (nSPS) is 10.3. The molecular formula is C12H17ClN2O3. The number of methoxy groups -OCH3 is 1. The van der Waals surface area contributed by atoms with E-state index in [-0.39, 0.29) is 5.91 Å². The number of nitrogens with one attached hydrogen (secondary N) is 1. The average molecular weight is 273 g/mol. The topological polar surface area (TPSA) is 60.5 Å². The summed E-state index contributed by atoms with van der Waals surface area (Å²) in [6, 6.07) is 4.94. The lowest BCUT2D eigenvalue weighted by Gasteiger charge is -2.05. The van der Waals surface area contributed by atoms with Gasteiger partial charge in [0.2, 0.25) is 0 Å². The summed E-state index contributed by atoms with van der Waals surface area (Å²) in [6.45, 7) is 2.28. The monoisotopic (exact) mass is 272 g/mol. The van der Waals surface area contributed by atoms with Gasteiger partial charge in [0.15, 0.2) is 0 Å². The van der Waals surface area contributed by atoms with Crippen molar-refractivity contribution < 1.29 is 14.3 Å². The van der Waals surface area contributed by atoms with Gasteiger partial charge < -0.3 is 14.8 Å². The van der Waals surface area contributed by atoms with Gasteiger partial charge in [-0.15, -0.1) is 0 Å². The third kappa shape index (κ3) is 5.95. The minimum Gasteiger partial charge on any atom is -0.382 e. The zero-order valence-electron chi connectivity index (χ0n) is 10.3. The van der Waals surface area contributed by atoms with Crippen LogP contribution in [0.1, 0.15) is 16.9 Å². The zero-order valence-corrected chi connectivity index (χ0v) is 11.1. The molecule has 0 aliphatic carbocycles. The Morgan fingerprint density at radius 3 is 2.94 bits per heavy atom. The van der Waals surface area contributed by atoms with Crippen molar-refractivity contribution >= 4 is 17.5 Å². The van der Waals surface area contributed by atoms with Crippen molar-refractivity contribution in [2.24, 2.45) is 0 Å². The molecule has 0 saturated carbocycles. The Hall–Kier alpha value is -1.17. The van der Waals surface area contributed by atoms with Crippen LogP contribution in [0.5, 0.6) is 0 Å². The first kappa shape index (κ1) is 14.9. The number of carbonyl (C=O) groups excluding carboxylic acids is 1. The molecule has 0 spiro atoms. The number of hydrogen-bond donors (Lipinski definition) is 1. The van der Waals surface area contributed by atoms with Gasteiger partial charge >= 0.3 is 0 Å². The molecule has 1 aromatic heterocycles. The Labute approximate surface area is 111 Å². The fourth-order valence-electron chi connectivity index (χ4n) is 1.25. The number of ether oxygens (including phenoxy) is 2. The molecule has 0 fully saturated rings. The Morgan fingerprint density at radius 1 is 1.39 bits per heavy atom. The summed E-state index contributed by atoms with van der Waals surface area (Å²) >= 11 is 5.70. The highest BCUT2D eigenvalue weighted by molar-refractivity contribution is 6.29. The third-order valence-electron chi connectivity index (χ3n) is 2.13. The molecule has 100 valence electrons. The molecule has 0 aromatic carbocycles. The number of aromatic nitrogens is 1. The van der Waals surface area contributed by atoms with Crippen LogP contribution in [0.25, 0.3) is 0 Å². The Bertz CT molecular complexity index is 374. The van der Waals surface area contributed by atoms with E-state index in [0.717, 1.165) is 6.42 Å². The van der Waals surface area contributed by atoms with Crippen molar-refractivity contribution in [3.05, 3.63) is 29.0 Å². The number of carbonyl (C=O) groups is 1. The highest BCUT2D eigenvalue weighted by Gasteiger charge is 2.06. The van der Waals surface area contributed by atoms with E-state index >= 15 is 0 Å². The standard InChI is InChI=1S/C12H17ClN2O3/c1-17-8-9-18-7-3-6-14-12(16)10-4-2-5-11(13)15-10/h2,4-5H,3,6-9H2,1H3,(H,14,16). The van der Waals surface area contributed by atoms with Crippen molar-refractivity contribution in [3.63, 3.8) is 0 Å². The van der Waals surface area contributed by atoms with E-state index in [2.05, 4.69) is 10.3 Å². The van der Waals surface area contributed by atoms with Gasteiger partial charge in [-0.3, -0.25) is 4.79 Å². The Kier molecular flexibility index (Phi) is 7.32. The van der Waals surface area contributed by atoms with Crippen molar-refractivity contribution in [1.29, 1.82) is 0 Å². The summed E-state index contributed by atoms with van der Waals surface area (Å²) in [7, 11) is 1.63. The first-order valence-corrected chi connectivity index (χ1v) is 6.09. The number of nitrogens with zero attached hydrogens (tertiary/aromatic N) is 1. The molecule has 1 amide bonds. The first-order valence-electron chi connectivity index (χ1n) is 5.71. The van der Waals surface area contributed by atoms with Crippen LogP contribution in [0.3, 0.4) is 0 Å². The second-order valence-electron chi connectivity index (χ2n) is 3.56. The average Bonchev–Trinajstić information content (AvgIpc) is 2.37. The summed E-state index contributed by atoms with van der Waals surface area (Å²) in [6.07, 6.45) is 0.746. The molecule has 18 heavy (non-hydrogen) atoms. The van der Waals surface area contributed by atoms with Crippen molar-refractivity contribution in [2.45, 2.75) is 6.42 Å². The van der Waals surface area contributed by atoms with Gasteiger partial charge in [-0.25, -0.2) is 4.98 Å². The van der Waals surface area contributed by atoms with E-state index in [1.165, 1.54) is 0 Å². The molecule has 0 aliphatic heterocycles. The van der Waals surface area contributed by atoms with Crippen LogP contribution >= 0.6 is 11.6 Å². The van der Waals surface area contributed by atoms with Gasteiger partial charge in [-0.1, -0.05) is 17.7 Å². The molecule has 0 radical (unpaired) electrons. The molecule has 0 aliphatic rings. The van der Waals surface area contributed by atoms with Crippen LogP contribution in [0.15, 0.2) is 18.2 Å². The molecule has 1 rings (SSSR count). The number of pyridine rings is 1. The molecule has 0 bridgehead atoms. The minimum absolute atomic E-state index is 0.227. The van der Waals surface area contributed by atoms with Gasteiger partial charge in [-0.2, -0.15) is 0 Å². The van der Waals surface area contributed by atoms with E-state index in [0.29, 0.717) is 37.2 Å². The molecule has 1 N–H and O–H groups in total. The van der Waals surface area contributed by atoms with E-state index in [1.807, 2.05) is 0 Å². The molecule has 1 heterocycles. The Morgan fingerprint density at radius 2 is 2.22 bits per heavy atom. The molecule has 0 atom stereocenters. The lowest BCUT2D eigenvalue weighted by Crippen LogP contribution is -2.26. The summed E-state index contributed by atoms with van der Waals surface area (Å²) in [5, 5.41) is 3.06. The van der Waals surface area contributed by atoms with Gasteiger partial charge in [-0.05, 0) is 18.6 Å². The van der Waals surface area contributed by atoms with Crippen LogP contribution in [-0.4, -0.2) is 44.4 Å². The smallest absolute Gasteiger partial charge is 0.269 e. The van der Waals surface area contributed by atoms with E-state index in [9.17, 15) is 4.79 Å². The zero-order chi connectivity index (χ0) is 13.2. The minimum atomic E-state index is -0.227. The third-order valence-corrected chi connectivity index (χ3v) is 2.34. The predicted molar refractivity (Wildman–Crippen MR) is 68.9 cm³/mol. The number of amides is 1. The van der Waals surface area contributed by atoms with Gasteiger partial charge in [0, 0.05) is 20.3 Å². The van der Waals surface area contributed by atoms with Gasteiger partial charge in [0.05, 0.1) is 13.2 Å². The van der Waals surface area contributed by atoms with Crippen LogP contribution in [0, 0.1) is 0 Å². The maximum atomic E-state index is 11.6. The molecule has 6 heteroatoms. The summed E-state index contributed by atoms with van der Waals surface area (Å²) in [5.74, 6) is -0.227. The van der Waals surface area contributed by atoms with Crippen LogP contribution in [-0.2, 0) is 9.47 Å². The van der Waals surface area contributed by atoms with Crippen molar-refractivity contribution in [2.75, 3.05) is 33.5 Å². The van der Waals surface area contributed by atoms with E-state index in [4.69, 9.17) is 21.1 Å². The first-order chi connectivity index (χ1) is 8.74. The summed E-state index contributed by atoms with van der Waals surface area (Å²) < 4.78 is 10.1. The van der Waals surface area contributed by atoms with Gasteiger partial charge in [0.1, 0.15) is 10.8 Å². The van der Waals surface area contributed by atoms with E-state index < -0.39 is 0 Å². The quantitative estimate of drug-likeness (QED) is 0.576. The molecule has 1 aromatic rings. The largest absolute Gasteiger partial charge is 0.382 e. The second kappa shape index (κ2) is 8.85. The van der Waals surface area contributed by atoms with Crippen molar-refractivity contribution in [1.82, 2.24) is 10.3 Å². The summed E-state index contributed by atoms with van der Waals surface area (Å²) in [4.78, 5) is 15.6. The van der Waals surface area contributed by atoms with Gasteiger partial charge in [0.25, 0.3) is 5.91 Å². The maximum Gasteiger partial charge on any atom is 0.269 e. The number of rotatable bonds is 8. The van der Waals surface area contributed by atoms with Crippen molar-refractivity contribution in [3.8, 4) is 0 Å². The predicted octanol–water partition coefficient (Wildman–Crippen LogP) is 1.52. The van der Waals surface area contributed by atoms with Crippen LogP contribution < -0.4 is 5.32 Å². The SMILES string of the molecule is COCCOCCCNC(=O)c1cccc(Cl)n1.